The predicted molar refractivity (Wildman–Crippen MR) is 75.0 cm³/mol. The highest BCUT2D eigenvalue weighted by Gasteiger charge is 2.07. The molecule has 0 fully saturated rings. The largest absolute Gasteiger partial charge is 0.496 e. The molecule has 0 radical (unpaired) electrons. The average Bonchev–Trinajstić information content (AvgIpc) is 2.16. The lowest BCUT2D eigenvalue weighted by Gasteiger charge is -2.11. The zero-order valence-electron chi connectivity index (χ0n) is 9.50. The number of nitrogens with two attached hydrogens (primary N) is 1. The Labute approximate surface area is 110 Å². The van der Waals surface area contributed by atoms with Gasteiger partial charge in [-0.3, -0.25) is 0 Å². The maximum Gasteiger partial charge on any atom is 0.133 e. The molecule has 2 nitrogen and oxygen atoms in total. The summed E-state index contributed by atoms with van der Waals surface area (Å²) in [4.78, 5) is 0.583. The van der Waals surface area contributed by atoms with E-state index in [1.54, 1.807) is 7.11 Å². The van der Waals surface area contributed by atoms with Gasteiger partial charge >= 0.3 is 0 Å². The summed E-state index contributed by atoms with van der Waals surface area (Å²) in [5.41, 5.74) is 6.79. The molecule has 1 unspecified atom stereocenters. The maximum atomic E-state index is 5.52. The Morgan fingerprint density at radius 3 is 2.75 bits per heavy atom. The Morgan fingerprint density at radius 1 is 1.56 bits per heavy atom. The van der Waals surface area contributed by atoms with Crippen LogP contribution in [0.5, 0.6) is 5.75 Å². The second-order valence-electron chi connectivity index (χ2n) is 3.95. The minimum absolute atomic E-state index is 0.470. The van der Waals surface area contributed by atoms with E-state index < -0.39 is 0 Å². The summed E-state index contributed by atoms with van der Waals surface area (Å²) in [6, 6.07) is 6.11. The lowest BCUT2D eigenvalue weighted by molar-refractivity contribution is 0.412. The molecular weight excluding hydrogens is 286 g/mol. The lowest BCUT2D eigenvalue weighted by atomic mass is 9.98. The minimum Gasteiger partial charge on any atom is -0.496 e. The number of methoxy groups -OCH3 is 1. The smallest absolute Gasteiger partial charge is 0.133 e. The lowest BCUT2D eigenvalue weighted by Crippen LogP contribution is -2.13. The number of ether oxygens (including phenoxy) is 1. The number of halogens is 1. The van der Waals surface area contributed by atoms with E-state index in [-0.39, 0.29) is 0 Å². The van der Waals surface area contributed by atoms with Crippen LogP contribution in [0.25, 0.3) is 0 Å². The predicted octanol–water partition coefficient (Wildman–Crippen LogP) is 3.31. The van der Waals surface area contributed by atoms with E-state index in [1.165, 1.54) is 5.56 Å². The first-order valence-corrected chi connectivity index (χ1v) is 6.33. The van der Waals surface area contributed by atoms with Crippen molar-refractivity contribution in [1.29, 1.82) is 0 Å². The number of rotatable bonds is 5. The summed E-state index contributed by atoms with van der Waals surface area (Å²) < 4.78 is 6.16. The summed E-state index contributed by atoms with van der Waals surface area (Å²) in [6.45, 7) is 2.15. The van der Waals surface area contributed by atoms with Gasteiger partial charge in [0.25, 0.3) is 0 Å². The van der Waals surface area contributed by atoms with E-state index >= 15 is 0 Å². The second kappa shape index (κ2) is 6.21. The maximum absolute atomic E-state index is 5.52. The molecule has 88 valence electrons. The van der Waals surface area contributed by atoms with Crippen LogP contribution in [-0.4, -0.2) is 12.1 Å². The number of hydrogen-bond acceptors (Lipinski definition) is 2. The van der Waals surface area contributed by atoms with Gasteiger partial charge in [-0.25, -0.2) is 0 Å². The first kappa shape index (κ1) is 13.5. The highest BCUT2D eigenvalue weighted by Crippen LogP contribution is 2.26. The monoisotopic (exact) mass is 301 g/mol. The highest BCUT2D eigenvalue weighted by atomic mass is 79.9. The van der Waals surface area contributed by atoms with Gasteiger partial charge < -0.3 is 10.5 Å². The SMILES string of the molecule is COc1ccc(CC(C)CC(N)=S)cc1Br. The van der Waals surface area contributed by atoms with Gasteiger partial charge in [0.05, 0.1) is 16.6 Å². The average molecular weight is 302 g/mol. The molecule has 0 aliphatic heterocycles. The molecule has 4 heteroatoms. The highest BCUT2D eigenvalue weighted by molar-refractivity contribution is 9.10. The van der Waals surface area contributed by atoms with Crippen LogP contribution < -0.4 is 10.5 Å². The van der Waals surface area contributed by atoms with Crippen LogP contribution in [0.2, 0.25) is 0 Å². The molecule has 0 spiro atoms. The van der Waals surface area contributed by atoms with Crippen molar-refractivity contribution in [1.82, 2.24) is 0 Å². The molecule has 0 aromatic heterocycles. The Morgan fingerprint density at radius 2 is 2.25 bits per heavy atom. The molecule has 0 aliphatic rings. The Hall–Kier alpha value is -0.610. The number of hydrogen-bond donors (Lipinski definition) is 1. The first-order valence-electron chi connectivity index (χ1n) is 5.13. The van der Waals surface area contributed by atoms with Crippen LogP contribution in [0.15, 0.2) is 22.7 Å². The number of benzene rings is 1. The van der Waals surface area contributed by atoms with Gasteiger partial charge in [-0.15, -0.1) is 0 Å². The van der Waals surface area contributed by atoms with Gasteiger partial charge in [0.15, 0.2) is 0 Å². The Bertz CT molecular complexity index is 381. The van der Waals surface area contributed by atoms with Crippen LogP contribution in [-0.2, 0) is 6.42 Å². The van der Waals surface area contributed by atoms with Crippen LogP contribution in [0.3, 0.4) is 0 Å². The fraction of sp³-hybridized carbons (Fsp3) is 0.417. The molecule has 16 heavy (non-hydrogen) atoms. The fourth-order valence-corrected chi connectivity index (χ4v) is 2.53. The van der Waals surface area contributed by atoms with E-state index in [2.05, 4.69) is 35.0 Å². The van der Waals surface area contributed by atoms with Crippen molar-refractivity contribution in [2.75, 3.05) is 7.11 Å². The molecule has 1 aromatic rings. The molecule has 1 aromatic carbocycles. The molecule has 0 heterocycles. The zero-order chi connectivity index (χ0) is 12.1. The van der Waals surface area contributed by atoms with Crippen molar-refractivity contribution < 1.29 is 4.74 Å². The molecule has 1 rings (SSSR count). The molecule has 0 saturated heterocycles. The van der Waals surface area contributed by atoms with Crippen LogP contribution in [0.4, 0.5) is 0 Å². The standard InChI is InChI=1S/C12H16BrNOS/c1-8(6-12(14)16)5-9-3-4-11(15-2)10(13)7-9/h3-4,7-8H,5-6H2,1-2H3,(H2,14,16). The Balaban J connectivity index is 2.67. The molecule has 2 N–H and O–H groups in total. The molecule has 0 bridgehead atoms. The van der Waals surface area contributed by atoms with Gasteiger partial charge in [0, 0.05) is 6.42 Å². The van der Waals surface area contributed by atoms with Crippen molar-refractivity contribution in [3.63, 3.8) is 0 Å². The summed E-state index contributed by atoms with van der Waals surface area (Å²) >= 11 is 8.37. The van der Waals surface area contributed by atoms with Crippen molar-refractivity contribution in [2.24, 2.45) is 11.7 Å². The van der Waals surface area contributed by atoms with Crippen molar-refractivity contribution in [3.05, 3.63) is 28.2 Å². The molecule has 0 aliphatic carbocycles. The Kier molecular flexibility index (Phi) is 5.22. The van der Waals surface area contributed by atoms with E-state index in [9.17, 15) is 0 Å². The van der Waals surface area contributed by atoms with Gasteiger partial charge in [-0.05, 0) is 46.0 Å². The third-order valence-electron chi connectivity index (χ3n) is 2.35. The summed E-state index contributed by atoms with van der Waals surface area (Å²) in [7, 11) is 1.66. The van der Waals surface area contributed by atoms with Crippen LogP contribution in [0.1, 0.15) is 18.9 Å². The molecule has 1 atom stereocenters. The summed E-state index contributed by atoms with van der Waals surface area (Å²) in [6.07, 6.45) is 1.76. The third-order valence-corrected chi connectivity index (χ3v) is 3.14. The fourth-order valence-electron chi connectivity index (χ4n) is 1.65. The molecule has 0 amide bonds. The van der Waals surface area contributed by atoms with Crippen LogP contribution in [0, 0.1) is 5.92 Å². The topological polar surface area (TPSA) is 35.2 Å². The first-order chi connectivity index (χ1) is 7.52. The van der Waals surface area contributed by atoms with E-state index in [0.29, 0.717) is 10.9 Å². The van der Waals surface area contributed by atoms with Gasteiger partial charge in [-0.2, -0.15) is 0 Å². The zero-order valence-corrected chi connectivity index (χ0v) is 11.9. The number of thiocarbonyl (C=S) groups is 1. The van der Waals surface area contributed by atoms with Crippen molar-refractivity contribution in [2.45, 2.75) is 19.8 Å². The van der Waals surface area contributed by atoms with E-state index in [0.717, 1.165) is 23.1 Å². The van der Waals surface area contributed by atoms with Gasteiger partial charge in [0.1, 0.15) is 5.75 Å². The normalized spacial score (nSPS) is 12.2. The van der Waals surface area contributed by atoms with Crippen LogP contribution >= 0.6 is 28.1 Å². The van der Waals surface area contributed by atoms with Gasteiger partial charge in [0.2, 0.25) is 0 Å². The van der Waals surface area contributed by atoms with E-state index in [4.69, 9.17) is 22.7 Å². The second-order valence-corrected chi connectivity index (χ2v) is 5.33. The minimum atomic E-state index is 0.470. The van der Waals surface area contributed by atoms with Crippen molar-refractivity contribution >= 4 is 33.1 Å². The summed E-state index contributed by atoms with van der Waals surface area (Å²) in [5, 5.41) is 0. The molecular formula is C12H16BrNOS. The molecule has 0 saturated carbocycles. The van der Waals surface area contributed by atoms with Gasteiger partial charge in [-0.1, -0.05) is 25.2 Å². The van der Waals surface area contributed by atoms with Crippen molar-refractivity contribution in [3.8, 4) is 5.75 Å². The summed E-state index contributed by atoms with van der Waals surface area (Å²) in [5.74, 6) is 1.32. The third kappa shape index (κ3) is 4.10. The quantitative estimate of drug-likeness (QED) is 0.848. The van der Waals surface area contributed by atoms with E-state index in [1.807, 2.05) is 6.07 Å².